The highest BCUT2D eigenvalue weighted by Gasteiger charge is 2.12. The van der Waals surface area contributed by atoms with Gasteiger partial charge in [0.05, 0.1) is 17.5 Å². The maximum atomic E-state index is 10.7. The number of carboxylic acids is 1. The Balaban J connectivity index is 2.31. The standard InChI is InChI=1S/C12H16N4O2S/c1-15(2)5-6-16-10-3-4-13-7-9(10)14-12(16)19-8-11(17)18/h3-4,7H,5-6,8H2,1-2H3,(H,17,18). The third-order valence-corrected chi connectivity index (χ3v) is 3.57. The van der Waals surface area contributed by atoms with Crippen LogP contribution in [0.25, 0.3) is 11.0 Å². The van der Waals surface area contributed by atoms with Crippen molar-refractivity contribution < 1.29 is 9.90 Å². The lowest BCUT2D eigenvalue weighted by Gasteiger charge is -2.12. The zero-order valence-electron chi connectivity index (χ0n) is 10.9. The van der Waals surface area contributed by atoms with Gasteiger partial charge >= 0.3 is 5.97 Å². The van der Waals surface area contributed by atoms with Crippen LogP contribution in [0.15, 0.2) is 23.6 Å². The van der Waals surface area contributed by atoms with E-state index < -0.39 is 5.97 Å². The molecule has 0 aliphatic rings. The number of rotatable bonds is 6. The molecular weight excluding hydrogens is 264 g/mol. The lowest BCUT2D eigenvalue weighted by atomic mass is 10.4. The monoisotopic (exact) mass is 280 g/mol. The minimum absolute atomic E-state index is 0.0126. The summed E-state index contributed by atoms with van der Waals surface area (Å²) < 4.78 is 2.05. The Labute approximate surface area is 115 Å². The van der Waals surface area contributed by atoms with Gasteiger partial charge in [-0.1, -0.05) is 11.8 Å². The molecule has 2 aromatic heterocycles. The number of pyridine rings is 1. The van der Waals surface area contributed by atoms with Crippen LogP contribution in [0.5, 0.6) is 0 Å². The van der Waals surface area contributed by atoms with E-state index >= 15 is 0 Å². The summed E-state index contributed by atoms with van der Waals surface area (Å²) in [5.41, 5.74) is 1.79. The van der Waals surface area contributed by atoms with E-state index in [4.69, 9.17) is 5.11 Å². The van der Waals surface area contributed by atoms with Crippen molar-refractivity contribution >= 4 is 28.8 Å². The van der Waals surface area contributed by atoms with Crippen molar-refractivity contribution in [1.29, 1.82) is 0 Å². The Morgan fingerprint density at radius 2 is 2.32 bits per heavy atom. The van der Waals surface area contributed by atoms with Crippen molar-refractivity contribution in [1.82, 2.24) is 19.4 Å². The molecule has 0 saturated heterocycles. The van der Waals surface area contributed by atoms with Gasteiger partial charge in [-0.2, -0.15) is 0 Å². The molecule has 0 unspecified atom stereocenters. The predicted octanol–water partition coefficient (Wildman–Crippen LogP) is 1.17. The zero-order chi connectivity index (χ0) is 13.8. The van der Waals surface area contributed by atoms with Crippen LogP contribution in [0.4, 0.5) is 0 Å². The van der Waals surface area contributed by atoms with Crippen molar-refractivity contribution in [2.75, 3.05) is 26.4 Å². The number of fused-ring (bicyclic) bond motifs is 1. The third-order valence-electron chi connectivity index (χ3n) is 2.61. The molecule has 0 amide bonds. The Morgan fingerprint density at radius 1 is 1.53 bits per heavy atom. The molecule has 0 aromatic carbocycles. The van der Waals surface area contributed by atoms with Crippen molar-refractivity contribution in [3.8, 4) is 0 Å². The summed E-state index contributed by atoms with van der Waals surface area (Å²) in [6.07, 6.45) is 3.42. The topological polar surface area (TPSA) is 71.2 Å². The molecule has 0 aliphatic carbocycles. The van der Waals surface area contributed by atoms with E-state index in [9.17, 15) is 4.79 Å². The van der Waals surface area contributed by atoms with Crippen LogP contribution in [0, 0.1) is 0 Å². The van der Waals surface area contributed by atoms with E-state index in [-0.39, 0.29) is 5.75 Å². The van der Waals surface area contributed by atoms with Crippen LogP contribution >= 0.6 is 11.8 Å². The first-order valence-corrected chi connectivity index (χ1v) is 6.86. The normalized spacial score (nSPS) is 11.3. The molecule has 6 nitrogen and oxygen atoms in total. The summed E-state index contributed by atoms with van der Waals surface area (Å²) >= 11 is 1.24. The Hall–Kier alpha value is -1.60. The summed E-state index contributed by atoms with van der Waals surface area (Å²) in [5.74, 6) is -0.826. The first-order chi connectivity index (χ1) is 9.08. The van der Waals surface area contributed by atoms with Crippen LogP contribution < -0.4 is 0 Å². The summed E-state index contributed by atoms with van der Waals surface area (Å²) in [5, 5.41) is 9.51. The van der Waals surface area contributed by atoms with E-state index in [1.54, 1.807) is 12.4 Å². The third kappa shape index (κ3) is 3.45. The SMILES string of the molecule is CN(C)CCn1c(SCC(=O)O)nc2cnccc21. The first-order valence-electron chi connectivity index (χ1n) is 5.87. The molecule has 0 saturated carbocycles. The highest BCUT2D eigenvalue weighted by Crippen LogP contribution is 2.23. The molecule has 19 heavy (non-hydrogen) atoms. The number of hydrogen-bond donors (Lipinski definition) is 1. The summed E-state index contributed by atoms with van der Waals surface area (Å²) in [7, 11) is 4.01. The van der Waals surface area contributed by atoms with Gasteiger partial charge in [-0.15, -0.1) is 0 Å². The largest absolute Gasteiger partial charge is 0.481 e. The molecule has 102 valence electrons. The lowest BCUT2D eigenvalue weighted by molar-refractivity contribution is -0.133. The van der Waals surface area contributed by atoms with E-state index in [2.05, 4.69) is 14.9 Å². The second-order valence-electron chi connectivity index (χ2n) is 4.40. The molecule has 1 N–H and O–H groups in total. The van der Waals surface area contributed by atoms with Crippen molar-refractivity contribution in [2.45, 2.75) is 11.7 Å². The fourth-order valence-electron chi connectivity index (χ4n) is 1.71. The fraction of sp³-hybridized carbons (Fsp3) is 0.417. The average Bonchev–Trinajstić information content (AvgIpc) is 2.71. The Bertz CT molecular complexity index is 582. The number of likely N-dealkylation sites (N-methyl/N-ethyl adjacent to an activating group) is 1. The number of thioether (sulfide) groups is 1. The average molecular weight is 280 g/mol. The molecule has 0 aliphatic heterocycles. The smallest absolute Gasteiger partial charge is 0.313 e. The zero-order valence-corrected chi connectivity index (χ0v) is 11.7. The number of imidazole rings is 1. The summed E-state index contributed by atoms with van der Waals surface area (Å²) in [4.78, 5) is 21.3. The number of aromatic nitrogens is 3. The molecule has 0 bridgehead atoms. The van der Waals surface area contributed by atoms with Crippen LogP contribution in [-0.2, 0) is 11.3 Å². The van der Waals surface area contributed by atoms with Gasteiger partial charge in [0.2, 0.25) is 0 Å². The molecule has 0 spiro atoms. The molecule has 2 heterocycles. The Kier molecular flexibility index (Phi) is 4.39. The maximum Gasteiger partial charge on any atom is 0.313 e. The van der Waals surface area contributed by atoms with Crippen LogP contribution in [0.2, 0.25) is 0 Å². The predicted molar refractivity (Wildman–Crippen MR) is 74.4 cm³/mol. The number of carboxylic acid groups (broad SMARTS) is 1. The van der Waals surface area contributed by atoms with E-state index in [1.807, 2.05) is 24.7 Å². The number of hydrogen-bond acceptors (Lipinski definition) is 5. The molecule has 7 heteroatoms. The molecule has 0 fully saturated rings. The summed E-state index contributed by atoms with van der Waals surface area (Å²) in [6, 6.07) is 1.91. The molecule has 2 aromatic rings. The highest BCUT2D eigenvalue weighted by molar-refractivity contribution is 7.99. The number of nitrogens with zero attached hydrogens (tertiary/aromatic N) is 4. The van der Waals surface area contributed by atoms with Crippen molar-refractivity contribution in [3.05, 3.63) is 18.5 Å². The maximum absolute atomic E-state index is 10.7. The first kappa shape index (κ1) is 13.8. The van der Waals surface area contributed by atoms with E-state index in [0.29, 0.717) is 0 Å². The minimum Gasteiger partial charge on any atom is -0.481 e. The van der Waals surface area contributed by atoms with E-state index in [1.165, 1.54) is 11.8 Å². The van der Waals surface area contributed by atoms with Crippen LogP contribution in [-0.4, -0.2) is 56.9 Å². The molecular formula is C12H16N4O2S. The number of carbonyl (C=O) groups is 1. The second kappa shape index (κ2) is 6.03. The lowest BCUT2D eigenvalue weighted by Crippen LogP contribution is -2.19. The highest BCUT2D eigenvalue weighted by atomic mass is 32.2. The van der Waals surface area contributed by atoms with Gasteiger partial charge in [-0.3, -0.25) is 9.78 Å². The van der Waals surface area contributed by atoms with Gasteiger partial charge in [-0.25, -0.2) is 4.98 Å². The molecule has 2 rings (SSSR count). The van der Waals surface area contributed by atoms with Gasteiger partial charge in [0, 0.05) is 19.3 Å². The minimum atomic E-state index is -0.839. The van der Waals surface area contributed by atoms with Gasteiger partial charge in [0.1, 0.15) is 5.52 Å². The van der Waals surface area contributed by atoms with Crippen LogP contribution in [0.3, 0.4) is 0 Å². The summed E-state index contributed by atoms with van der Waals surface area (Å²) in [6.45, 7) is 1.64. The molecule has 0 atom stereocenters. The quantitative estimate of drug-likeness (QED) is 0.801. The second-order valence-corrected chi connectivity index (χ2v) is 5.34. The van der Waals surface area contributed by atoms with E-state index in [0.717, 1.165) is 29.3 Å². The van der Waals surface area contributed by atoms with Gasteiger partial charge < -0.3 is 14.6 Å². The Morgan fingerprint density at radius 3 is 3.00 bits per heavy atom. The van der Waals surface area contributed by atoms with Crippen molar-refractivity contribution in [3.63, 3.8) is 0 Å². The number of aliphatic carboxylic acids is 1. The van der Waals surface area contributed by atoms with Gasteiger partial charge in [0.15, 0.2) is 5.16 Å². The van der Waals surface area contributed by atoms with Gasteiger partial charge in [0.25, 0.3) is 0 Å². The van der Waals surface area contributed by atoms with Crippen LogP contribution in [0.1, 0.15) is 0 Å². The molecule has 0 radical (unpaired) electrons. The van der Waals surface area contributed by atoms with Gasteiger partial charge in [-0.05, 0) is 20.2 Å². The van der Waals surface area contributed by atoms with Crippen molar-refractivity contribution in [2.24, 2.45) is 0 Å². The fourth-order valence-corrected chi connectivity index (χ4v) is 2.47.